The third-order valence-electron chi connectivity index (χ3n) is 21.9. The zero-order chi connectivity index (χ0) is 81.3. The summed E-state index contributed by atoms with van der Waals surface area (Å²) in [5, 5.41) is 10.6. The second kappa shape index (κ2) is 36.3. The molecule has 0 heterocycles. The van der Waals surface area contributed by atoms with E-state index in [1.165, 1.54) is 209 Å². The van der Waals surface area contributed by atoms with Crippen LogP contribution in [0.25, 0.3) is 65.3 Å². The Morgan fingerprint density at radius 3 is 0.728 bits per heavy atom. The number of hydrogen-bond donors (Lipinski definition) is 0. The minimum absolute atomic E-state index is 0. The quantitative estimate of drug-likeness (QED) is 0.154. The molecule has 4 heteroatoms. The van der Waals surface area contributed by atoms with Crippen LogP contribution < -0.4 is 24.8 Å². The van der Waals surface area contributed by atoms with E-state index in [4.69, 9.17) is 0 Å². The number of hydrogen-bond acceptors (Lipinski definition) is 0. The molecule has 4 aliphatic rings. The van der Waals surface area contributed by atoms with Crippen molar-refractivity contribution in [2.45, 2.75) is 235 Å². The topological polar surface area (TPSA) is 0 Å². The molecular weight excluding hydrogens is 1570 g/mol. The molecule has 0 saturated heterocycles. The van der Waals surface area contributed by atoms with Gasteiger partial charge in [-0.1, -0.05) is 212 Å². The molecule has 0 aromatic heterocycles. The first-order chi connectivity index (χ1) is 52.5. The van der Waals surface area contributed by atoms with Crippen LogP contribution in [0.1, 0.15) is 268 Å². The van der Waals surface area contributed by atoms with Crippen molar-refractivity contribution >= 4 is 49.5 Å². The van der Waals surface area contributed by atoms with Crippen molar-refractivity contribution < 1.29 is 73.3 Å². The van der Waals surface area contributed by atoms with Crippen LogP contribution in [-0.2, 0) is 105 Å². The van der Waals surface area contributed by atoms with E-state index in [2.05, 4.69) is 409 Å². The molecule has 0 bridgehead atoms. The van der Waals surface area contributed by atoms with Crippen LogP contribution in [-0.4, -0.2) is 6.41 Å². The maximum absolute atomic E-state index is 3.90. The average molecular weight is 1700 g/mol. The molecule has 0 atom stereocenters. The molecule has 4 aliphatic carbocycles. The van der Waals surface area contributed by atoms with E-state index in [9.17, 15) is 0 Å². The summed E-state index contributed by atoms with van der Waals surface area (Å²) in [4.78, 5) is 0. The van der Waals surface area contributed by atoms with E-state index in [0.29, 0.717) is 0 Å². The van der Waals surface area contributed by atoms with Crippen molar-refractivity contribution in [3.63, 3.8) is 0 Å². The number of halogens is 2. The summed E-state index contributed by atoms with van der Waals surface area (Å²) in [7, 11) is 0. The van der Waals surface area contributed by atoms with Crippen LogP contribution in [0.2, 0.25) is 0 Å². The number of rotatable bonds is 4. The van der Waals surface area contributed by atoms with Crippen LogP contribution >= 0.6 is 0 Å². The van der Waals surface area contributed by atoms with Gasteiger partial charge in [-0.3, -0.25) is 12.2 Å². The van der Waals surface area contributed by atoms with Crippen molar-refractivity contribution in [2.75, 3.05) is 0 Å². The van der Waals surface area contributed by atoms with Crippen molar-refractivity contribution in [3.8, 4) is 22.3 Å². The monoisotopic (exact) mass is 1690 g/mol. The van der Waals surface area contributed by atoms with Gasteiger partial charge in [0.1, 0.15) is 0 Å². The molecular formula is C110H120Cl2Zr2-2. The first kappa shape index (κ1) is 90.6. The molecule has 16 rings (SSSR count). The molecule has 12 aromatic carbocycles. The van der Waals surface area contributed by atoms with Gasteiger partial charge in [-0.25, -0.2) is 24.3 Å². The Morgan fingerprint density at radius 1 is 0.272 bits per heavy atom. The SMILES string of the molecule is CC(C)(C)c1[c-]c2c(cc1C(C)(C)C)-c1cc(C(C)(C)C)c(C(C)(C)C)cc1C2.CC(C)(C)c1[c-]c2c(cc1C(C)(C)C)-c1cc(C(C)(C)C)c(C(C)(C)C)cc1C2.[C-]1=CC=CC1.[C-]1=CC=CC1.[Cl-].[Cl-].[Zr+2]=[C](c1cccc2ccccc12)c1cccc2ccccc12.[Zr+2]=[C](c1cccc2ccccc12)c1cccc2ccccc12. The third kappa shape index (κ3) is 21.2. The van der Waals surface area contributed by atoms with Gasteiger partial charge in [0.05, 0.1) is 0 Å². The second-order valence-corrected chi connectivity index (χ2v) is 41.7. The fraction of sp³-hybridized carbons (Fsp3) is 0.327. The molecule has 0 fully saturated rings. The summed E-state index contributed by atoms with van der Waals surface area (Å²) >= 11 is 2.89. The van der Waals surface area contributed by atoms with Gasteiger partial charge in [0.2, 0.25) is 0 Å². The van der Waals surface area contributed by atoms with E-state index in [0.717, 1.165) is 25.7 Å². The van der Waals surface area contributed by atoms with Crippen molar-refractivity contribution in [1.29, 1.82) is 0 Å². The molecule has 0 amide bonds. The molecule has 0 unspecified atom stereocenters. The van der Waals surface area contributed by atoms with Crippen LogP contribution in [0, 0.1) is 24.3 Å². The minimum atomic E-state index is 0. The zero-order valence-electron chi connectivity index (χ0n) is 72.7. The van der Waals surface area contributed by atoms with Crippen LogP contribution in [0.4, 0.5) is 0 Å². The summed E-state index contributed by atoms with van der Waals surface area (Å²) in [6, 6.07) is 83.7. The van der Waals surface area contributed by atoms with Gasteiger partial charge in [-0.2, -0.15) is 47.5 Å². The number of benzene rings is 12. The fourth-order valence-corrected chi connectivity index (χ4v) is 18.1. The molecule has 114 heavy (non-hydrogen) atoms. The van der Waals surface area contributed by atoms with Crippen molar-refractivity contribution in [1.82, 2.24) is 0 Å². The van der Waals surface area contributed by atoms with Crippen LogP contribution in [0.5, 0.6) is 0 Å². The molecule has 0 N–H and O–H groups in total. The van der Waals surface area contributed by atoms with E-state index >= 15 is 0 Å². The van der Waals surface area contributed by atoms with E-state index in [1.807, 2.05) is 24.3 Å². The predicted molar refractivity (Wildman–Crippen MR) is 482 cm³/mol. The van der Waals surface area contributed by atoms with Gasteiger partial charge < -0.3 is 24.8 Å². The maximum atomic E-state index is 3.90. The van der Waals surface area contributed by atoms with E-state index < -0.39 is 0 Å². The third-order valence-corrected chi connectivity index (χ3v) is 24.5. The van der Waals surface area contributed by atoms with Gasteiger partial charge in [0, 0.05) is 0 Å². The fourth-order valence-electron chi connectivity index (χ4n) is 16.0. The first-order valence-electron chi connectivity index (χ1n) is 40.6. The molecule has 0 radical (unpaired) electrons. The van der Waals surface area contributed by atoms with Gasteiger partial charge in [-0.15, -0.1) is 46.2 Å². The van der Waals surface area contributed by atoms with Crippen LogP contribution in [0.3, 0.4) is 0 Å². The zero-order valence-corrected chi connectivity index (χ0v) is 79.1. The average Bonchev–Trinajstić information content (AvgIpc) is 1.57. The summed E-state index contributed by atoms with van der Waals surface area (Å²) in [5.41, 5.74) is 29.3. The van der Waals surface area contributed by atoms with E-state index in [1.54, 1.807) is 0 Å². The normalized spacial score (nSPS) is 13.3. The first-order valence-corrected chi connectivity index (χ1v) is 43.1. The Kier molecular flexibility index (Phi) is 28.9. The Balaban J connectivity index is 0.000000166. The summed E-state index contributed by atoms with van der Waals surface area (Å²) in [5.74, 6) is 0. The molecule has 0 spiro atoms. The Labute approximate surface area is 729 Å². The number of fused-ring (bicyclic) bond motifs is 10. The summed E-state index contributed by atoms with van der Waals surface area (Å²) in [6.45, 7) is 56.0. The predicted octanol–water partition coefficient (Wildman–Crippen LogP) is 23.3. The standard InChI is InChI=1S/2C29H41.2C21H14.2C5H5.2ClH.2Zr/c2*1-26(2,3)22-14-18-13-19-15-23(27(4,5)6)25(29(10,11)12)17-21(19)20(18)16-24(22)28(7,8)9;2*1-3-13-20-16(7-1)9-5-11-18(20)15-19-12-6-10-17-8-2-4-14-21(17)19;2*1-2-4-5-3-1;;;;/h2*14,16-17H,13H2,1-12H3;2*1-14H;2*1-3H,4H2;2*1H;;/q2*-1;;;2*-1;;;2*+2/p-2. The second-order valence-electron chi connectivity index (χ2n) is 39.2. The van der Waals surface area contributed by atoms with Crippen molar-refractivity contribution in [3.05, 3.63) is 356 Å². The Morgan fingerprint density at radius 2 is 0.509 bits per heavy atom. The van der Waals surface area contributed by atoms with Gasteiger partial charge in [-0.05, 0) is 78.7 Å². The molecule has 0 nitrogen and oxygen atoms in total. The molecule has 584 valence electrons. The van der Waals surface area contributed by atoms with Gasteiger partial charge in [0.25, 0.3) is 0 Å². The number of allylic oxidation sites excluding steroid dienone is 8. The molecule has 12 aromatic rings. The molecule has 0 saturated carbocycles. The van der Waals surface area contributed by atoms with Crippen molar-refractivity contribution in [2.24, 2.45) is 0 Å². The molecule has 0 aliphatic heterocycles. The van der Waals surface area contributed by atoms with Gasteiger partial charge >= 0.3 is 290 Å². The van der Waals surface area contributed by atoms with Gasteiger partial charge in [0.15, 0.2) is 0 Å². The Bertz CT molecular complexity index is 4910. The summed E-state index contributed by atoms with van der Waals surface area (Å²) in [6.07, 6.45) is 22.0. The van der Waals surface area contributed by atoms with E-state index in [-0.39, 0.29) is 68.1 Å². The van der Waals surface area contributed by atoms with Crippen LogP contribution in [0.15, 0.2) is 243 Å². The Hall–Kier alpha value is -7.27. The summed E-state index contributed by atoms with van der Waals surface area (Å²) < 4.78 is 2.83.